The molecule has 0 aliphatic carbocycles. The highest BCUT2D eigenvalue weighted by Crippen LogP contribution is 2.24. The minimum atomic E-state index is -0.489. The standard InChI is InChI=1S/C13H15NO3.C11H12INO3/c1-5-10-7-11(13(16)17-4)12(6-8(10)2)14-9(3)15;1-6-4-10(13-7(2)14)8(5-9(6)12)11(15)16-3/h5-7H,1H2,2-4H3,(H,14,15);4-5H,1-3H3,(H,13,14). The second kappa shape index (κ2) is 12.7. The van der Waals surface area contributed by atoms with Crippen LogP contribution in [0.15, 0.2) is 30.8 Å². The van der Waals surface area contributed by atoms with E-state index >= 15 is 0 Å². The SMILES string of the molecule is C=Cc1cc(C(=O)OC)c(NC(C)=O)cc1C.COC(=O)c1cc(I)c(C)cc1NC(C)=O. The fraction of sp³-hybridized carbons (Fsp3) is 0.250. The van der Waals surface area contributed by atoms with E-state index in [-0.39, 0.29) is 11.8 Å². The molecule has 0 aromatic heterocycles. The molecule has 0 atom stereocenters. The maximum atomic E-state index is 11.6. The number of hydrogen-bond donors (Lipinski definition) is 2. The van der Waals surface area contributed by atoms with Crippen LogP contribution in [0.1, 0.15) is 51.3 Å². The molecule has 8 nitrogen and oxygen atoms in total. The molecule has 33 heavy (non-hydrogen) atoms. The number of esters is 2. The number of rotatable bonds is 5. The van der Waals surface area contributed by atoms with Crippen molar-refractivity contribution in [2.45, 2.75) is 27.7 Å². The molecule has 0 radical (unpaired) electrons. The van der Waals surface area contributed by atoms with Crippen molar-refractivity contribution in [3.63, 3.8) is 0 Å². The van der Waals surface area contributed by atoms with Gasteiger partial charge in [-0.2, -0.15) is 0 Å². The molecule has 0 spiro atoms. The summed E-state index contributed by atoms with van der Waals surface area (Å²) in [4.78, 5) is 45.2. The van der Waals surface area contributed by atoms with Crippen LogP contribution in [0.2, 0.25) is 0 Å². The summed E-state index contributed by atoms with van der Waals surface area (Å²) in [6, 6.07) is 6.84. The molecule has 2 aromatic carbocycles. The number of hydrogen-bond acceptors (Lipinski definition) is 6. The molecule has 0 heterocycles. The van der Waals surface area contributed by atoms with E-state index in [1.165, 1.54) is 28.1 Å². The van der Waals surface area contributed by atoms with Crippen LogP contribution >= 0.6 is 22.6 Å². The zero-order valence-electron chi connectivity index (χ0n) is 19.4. The highest BCUT2D eigenvalue weighted by Gasteiger charge is 2.15. The molecule has 2 aromatic rings. The fourth-order valence-corrected chi connectivity index (χ4v) is 3.24. The molecule has 0 saturated carbocycles. The Hall–Kier alpha value is -3.21. The van der Waals surface area contributed by atoms with Crippen LogP contribution in [0.5, 0.6) is 0 Å². The molecule has 2 amide bonds. The predicted octanol–water partition coefficient (Wildman–Crippen LogP) is 4.73. The molecule has 0 saturated heterocycles. The smallest absolute Gasteiger partial charge is 0.340 e. The molecule has 9 heteroatoms. The van der Waals surface area contributed by atoms with Crippen molar-refractivity contribution in [2.24, 2.45) is 0 Å². The van der Waals surface area contributed by atoms with Crippen LogP contribution in [-0.2, 0) is 19.1 Å². The summed E-state index contributed by atoms with van der Waals surface area (Å²) >= 11 is 2.13. The van der Waals surface area contributed by atoms with Crippen LogP contribution < -0.4 is 10.6 Å². The van der Waals surface area contributed by atoms with Gasteiger partial charge in [0.1, 0.15) is 0 Å². The Labute approximate surface area is 206 Å². The van der Waals surface area contributed by atoms with Gasteiger partial charge in [-0.15, -0.1) is 0 Å². The van der Waals surface area contributed by atoms with Gasteiger partial charge >= 0.3 is 11.9 Å². The second-order valence-electron chi connectivity index (χ2n) is 6.95. The van der Waals surface area contributed by atoms with Crippen molar-refractivity contribution in [2.75, 3.05) is 24.9 Å². The summed E-state index contributed by atoms with van der Waals surface area (Å²) in [6.45, 7) is 10.2. The average Bonchev–Trinajstić information content (AvgIpc) is 2.75. The summed E-state index contributed by atoms with van der Waals surface area (Å²) in [6.07, 6.45) is 1.65. The molecule has 0 aliphatic heterocycles. The maximum Gasteiger partial charge on any atom is 0.340 e. The largest absolute Gasteiger partial charge is 0.465 e. The van der Waals surface area contributed by atoms with Crippen molar-refractivity contribution in [1.29, 1.82) is 0 Å². The molecule has 0 unspecified atom stereocenters. The number of halogens is 1. The van der Waals surface area contributed by atoms with Gasteiger partial charge in [0.15, 0.2) is 0 Å². The number of carbonyl (C=O) groups excluding carboxylic acids is 4. The number of nitrogens with one attached hydrogen (secondary N) is 2. The van der Waals surface area contributed by atoms with Crippen molar-refractivity contribution in [1.82, 2.24) is 0 Å². The van der Waals surface area contributed by atoms with Crippen molar-refractivity contribution < 1.29 is 28.7 Å². The van der Waals surface area contributed by atoms with E-state index in [9.17, 15) is 19.2 Å². The highest BCUT2D eigenvalue weighted by atomic mass is 127. The first-order valence-electron chi connectivity index (χ1n) is 9.74. The van der Waals surface area contributed by atoms with Gasteiger partial charge in [0, 0.05) is 17.4 Å². The Balaban J connectivity index is 0.000000331. The third-order valence-corrected chi connectivity index (χ3v) is 5.52. The van der Waals surface area contributed by atoms with E-state index < -0.39 is 11.9 Å². The van der Waals surface area contributed by atoms with Crippen molar-refractivity contribution >= 4 is 63.8 Å². The second-order valence-corrected chi connectivity index (χ2v) is 8.11. The predicted molar refractivity (Wildman–Crippen MR) is 136 cm³/mol. The first kappa shape index (κ1) is 27.8. The van der Waals surface area contributed by atoms with Gasteiger partial charge in [0.05, 0.1) is 36.7 Å². The Kier molecular flexibility index (Phi) is 10.7. The normalized spacial score (nSPS) is 9.67. The number of benzene rings is 2. The van der Waals surface area contributed by atoms with Gasteiger partial charge in [-0.1, -0.05) is 12.7 Å². The third kappa shape index (κ3) is 8.01. The molecule has 0 fully saturated rings. The Morgan fingerprint density at radius 3 is 1.64 bits per heavy atom. The Morgan fingerprint density at radius 2 is 1.24 bits per heavy atom. The zero-order valence-corrected chi connectivity index (χ0v) is 21.6. The van der Waals surface area contributed by atoms with E-state index in [0.29, 0.717) is 22.5 Å². The van der Waals surface area contributed by atoms with E-state index in [2.05, 4.69) is 49.3 Å². The summed E-state index contributed by atoms with van der Waals surface area (Å²) in [5, 5.41) is 5.22. The Bertz CT molecular complexity index is 1090. The fourth-order valence-electron chi connectivity index (χ4n) is 2.77. The lowest BCUT2D eigenvalue weighted by molar-refractivity contribution is -0.115. The Morgan fingerprint density at radius 1 is 0.818 bits per heavy atom. The lowest BCUT2D eigenvalue weighted by Gasteiger charge is -2.11. The molecule has 176 valence electrons. The minimum absolute atomic E-state index is 0.217. The number of ether oxygens (including phenoxy) is 2. The monoisotopic (exact) mass is 566 g/mol. The molecule has 0 aliphatic rings. The van der Waals surface area contributed by atoms with Crippen LogP contribution in [0, 0.1) is 17.4 Å². The maximum absolute atomic E-state index is 11.6. The van der Waals surface area contributed by atoms with Gasteiger partial charge in [-0.05, 0) is 77.4 Å². The van der Waals surface area contributed by atoms with Gasteiger partial charge < -0.3 is 20.1 Å². The number of aryl methyl sites for hydroxylation is 2. The molecular weight excluding hydrogens is 539 g/mol. The van der Waals surface area contributed by atoms with Crippen molar-refractivity contribution in [3.05, 3.63) is 62.2 Å². The topological polar surface area (TPSA) is 111 Å². The van der Waals surface area contributed by atoms with Gasteiger partial charge in [-0.3, -0.25) is 9.59 Å². The summed E-state index contributed by atoms with van der Waals surface area (Å²) in [7, 11) is 2.61. The van der Waals surface area contributed by atoms with Gasteiger partial charge in [0.2, 0.25) is 11.8 Å². The lowest BCUT2D eigenvalue weighted by atomic mass is 10.0. The summed E-state index contributed by atoms with van der Waals surface area (Å²) in [5.41, 5.74) is 4.38. The van der Waals surface area contributed by atoms with E-state index in [0.717, 1.165) is 20.3 Å². The quantitative estimate of drug-likeness (QED) is 0.400. The van der Waals surface area contributed by atoms with Gasteiger partial charge in [0.25, 0.3) is 0 Å². The van der Waals surface area contributed by atoms with Crippen LogP contribution in [-0.4, -0.2) is 38.0 Å². The van der Waals surface area contributed by atoms with E-state index in [4.69, 9.17) is 0 Å². The number of amides is 2. The number of carbonyl (C=O) groups is 4. The highest BCUT2D eigenvalue weighted by molar-refractivity contribution is 14.1. The van der Waals surface area contributed by atoms with Crippen LogP contribution in [0.4, 0.5) is 11.4 Å². The lowest BCUT2D eigenvalue weighted by Crippen LogP contribution is -2.12. The minimum Gasteiger partial charge on any atom is -0.465 e. The molecule has 0 bridgehead atoms. The zero-order chi connectivity index (χ0) is 25.3. The van der Waals surface area contributed by atoms with Crippen LogP contribution in [0.25, 0.3) is 6.08 Å². The molecule has 2 N–H and O–H groups in total. The first-order valence-corrected chi connectivity index (χ1v) is 10.8. The summed E-state index contributed by atoms with van der Waals surface area (Å²) in [5.74, 6) is -1.40. The number of anilines is 2. The number of methoxy groups -OCH3 is 2. The molecule has 2 rings (SSSR count). The summed E-state index contributed by atoms with van der Waals surface area (Å²) < 4.78 is 10.3. The van der Waals surface area contributed by atoms with Gasteiger partial charge in [-0.25, -0.2) is 9.59 Å². The first-order chi connectivity index (χ1) is 15.4. The van der Waals surface area contributed by atoms with Crippen LogP contribution in [0.3, 0.4) is 0 Å². The van der Waals surface area contributed by atoms with Crippen molar-refractivity contribution in [3.8, 4) is 0 Å². The molecular formula is C24H27IN2O6. The van der Waals surface area contributed by atoms with E-state index in [1.807, 2.05) is 13.8 Å². The van der Waals surface area contributed by atoms with E-state index in [1.54, 1.807) is 30.3 Å². The third-order valence-electron chi connectivity index (χ3n) is 4.36. The average molecular weight is 566 g/mol.